The minimum absolute atomic E-state index is 0.156. The van der Waals surface area contributed by atoms with E-state index in [0.29, 0.717) is 32.1 Å². The van der Waals surface area contributed by atoms with Gasteiger partial charge in [0.15, 0.2) is 11.6 Å². The highest BCUT2D eigenvalue weighted by Gasteiger charge is 2.56. The largest absolute Gasteiger partial charge is 0.458 e. The SMILES string of the molecule is CC[C@@H]1/C=C/C=C/C[C@H](C)[C@@H](O)[C@](C)(O)C(=O)[C@H](C)[C@@H](O)[C@H](C)C(=O)[C@H](C)[C@@H](O)[C@H](C)/C=C/C(=O)OC2[C@@H](C)C(CC1)O[C@@]1(CCC[C@@H](C[C@H](C)O)O1)[C@@H]2CC. The number of rotatable bonds is 4. The molecular weight excluding hydrogens is 716 g/mol. The second-order valence-electron chi connectivity index (χ2n) is 17.7. The van der Waals surface area contributed by atoms with Crippen molar-refractivity contribution in [2.45, 2.75) is 181 Å². The number of fused-ring (bicyclic) bond motifs is 2. The van der Waals surface area contributed by atoms with E-state index in [2.05, 4.69) is 19.9 Å². The number of Topliss-reactive ketones (excluding diaryl/α,β-unsaturated/α-hetero) is 2. The summed E-state index contributed by atoms with van der Waals surface area (Å²) in [5.41, 5.74) is -2.18. The lowest BCUT2D eigenvalue weighted by molar-refractivity contribution is -0.368. The van der Waals surface area contributed by atoms with Crippen LogP contribution in [0.5, 0.6) is 0 Å². The molecular formula is C45H74O11. The summed E-state index contributed by atoms with van der Waals surface area (Å²) in [6, 6.07) is 0. The number of hydrogen-bond acceptors (Lipinski definition) is 11. The maximum atomic E-state index is 13.6. The summed E-state index contributed by atoms with van der Waals surface area (Å²) in [6.07, 6.45) is 11.3. The molecule has 11 heteroatoms. The highest BCUT2D eigenvalue weighted by Crippen LogP contribution is 2.49. The Morgan fingerprint density at radius 3 is 2.14 bits per heavy atom. The zero-order valence-corrected chi connectivity index (χ0v) is 35.7. The van der Waals surface area contributed by atoms with E-state index in [-0.39, 0.29) is 30.0 Å². The van der Waals surface area contributed by atoms with Crippen LogP contribution in [0.3, 0.4) is 0 Å². The number of carbonyl (C=O) groups is 3. The van der Waals surface area contributed by atoms with Crippen LogP contribution in [0.15, 0.2) is 36.5 Å². The summed E-state index contributed by atoms with van der Waals surface area (Å²) >= 11 is 0. The van der Waals surface area contributed by atoms with Crippen LogP contribution in [0.25, 0.3) is 0 Å². The number of ether oxygens (including phenoxy) is 3. The summed E-state index contributed by atoms with van der Waals surface area (Å²) in [7, 11) is 0. The molecule has 11 nitrogen and oxygen atoms in total. The molecule has 17 atom stereocenters. The summed E-state index contributed by atoms with van der Waals surface area (Å²) in [6.45, 7) is 17.1. The molecule has 320 valence electrons. The zero-order chi connectivity index (χ0) is 42.1. The van der Waals surface area contributed by atoms with Gasteiger partial charge < -0.3 is 39.7 Å². The van der Waals surface area contributed by atoms with E-state index in [9.17, 15) is 39.9 Å². The summed E-state index contributed by atoms with van der Waals surface area (Å²) < 4.78 is 20.1. The third kappa shape index (κ3) is 11.7. The number of carbonyl (C=O) groups excluding carboxylic acids is 3. The van der Waals surface area contributed by atoms with Gasteiger partial charge in [-0.3, -0.25) is 9.59 Å². The first-order valence-electron chi connectivity index (χ1n) is 21.3. The first-order valence-corrected chi connectivity index (χ1v) is 21.3. The third-order valence-electron chi connectivity index (χ3n) is 13.2. The fraction of sp³-hybridized carbons (Fsp3) is 0.800. The highest BCUT2D eigenvalue weighted by molar-refractivity contribution is 5.91. The molecule has 2 bridgehead atoms. The minimum Gasteiger partial charge on any atom is -0.458 e. The van der Waals surface area contributed by atoms with Gasteiger partial charge in [0.2, 0.25) is 0 Å². The predicted octanol–water partition coefficient (Wildman–Crippen LogP) is 6.03. The zero-order valence-electron chi connectivity index (χ0n) is 35.7. The van der Waals surface area contributed by atoms with Crippen LogP contribution in [-0.4, -0.2) is 97.2 Å². The molecule has 3 heterocycles. The molecule has 2 fully saturated rings. The van der Waals surface area contributed by atoms with E-state index in [1.165, 1.54) is 39.8 Å². The molecule has 0 aliphatic carbocycles. The van der Waals surface area contributed by atoms with Crippen LogP contribution in [0.2, 0.25) is 0 Å². The van der Waals surface area contributed by atoms with Gasteiger partial charge in [0.25, 0.3) is 0 Å². The molecule has 0 aromatic rings. The van der Waals surface area contributed by atoms with Crippen molar-refractivity contribution in [1.82, 2.24) is 0 Å². The molecule has 0 saturated carbocycles. The van der Waals surface area contributed by atoms with Gasteiger partial charge in [0.05, 0.1) is 42.5 Å². The molecule has 5 N–H and O–H groups in total. The minimum atomic E-state index is -2.18. The van der Waals surface area contributed by atoms with E-state index >= 15 is 0 Å². The molecule has 0 radical (unpaired) electrons. The number of aliphatic hydroxyl groups excluding tert-OH is 4. The predicted molar refractivity (Wildman–Crippen MR) is 215 cm³/mol. The standard InChI is InChI=1S/C45H74O11/c1-11-33-18-15-13-14-17-27(4)42(51)44(10,53)43(52)32(9)40(50)31(8)39(49)30(7)38(48)26(3)20-23-37(47)54-41-29(6)36(22-21-33)56-45(35(41)12-2)24-16-19-34(55-45)25-28(5)46/h13-15,18,20,23,26-36,38,40-42,46,48,50-51,53H,11-12,16-17,19,21-22,24-25H2,1-10H3/b14-13+,18-15+,23-20+/t26-,27+,28+,29+,30-,31-,32-,33-,34+,35-,36?,38+,40+,41?,42-,44+,45+/m1/s1. The van der Waals surface area contributed by atoms with Gasteiger partial charge in [-0.2, -0.15) is 0 Å². The van der Waals surface area contributed by atoms with Gasteiger partial charge in [-0.05, 0) is 77.0 Å². The van der Waals surface area contributed by atoms with Crippen LogP contribution in [0, 0.1) is 47.3 Å². The Hall–Kier alpha value is -2.25. The first kappa shape index (κ1) is 48.1. The molecule has 2 unspecified atom stereocenters. The summed E-state index contributed by atoms with van der Waals surface area (Å²) in [4.78, 5) is 40.6. The number of allylic oxidation sites excluding steroid dienone is 4. The molecule has 1 spiro atoms. The maximum absolute atomic E-state index is 13.6. The molecule has 2 saturated heterocycles. The smallest absolute Gasteiger partial charge is 0.330 e. The van der Waals surface area contributed by atoms with Gasteiger partial charge in [-0.25, -0.2) is 4.79 Å². The van der Waals surface area contributed by atoms with Crippen molar-refractivity contribution in [2.75, 3.05) is 0 Å². The third-order valence-corrected chi connectivity index (χ3v) is 13.2. The van der Waals surface area contributed by atoms with Gasteiger partial charge in [-0.1, -0.05) is 85.8 Å². The Bertz CT molecular complexity index is 1370. The van der Waals surface area contributed by atoms with Gasteiger partial charge in [0, 0.05) is 42.1 Å². The number of ketones is 2. The van der Waals surface area contributed by atoms with Crippen molar-refractivity contribution < 1.29 is 54.1 Å². The van der Waals surface area contributed by atoms with E-state index in [0.717, 1.165) is 25.7 Å². The molecule has 3 aliphatic heterocycles. The van der Waals surface area contributed by atoms with Gasteiger partial charge >= 0.3 is 5.97 Å². The summed E-state index contributed by atoms with van der Waals surface area (Å²) in [5.74, 6) is -7.37. The average Bonchev–Trinajstić information content (AvgIpc) is 3.16. The molecule has 0 aromatic carbocycles. The second kappa shape index (κ2) is 21.1. The van der Waals surface area contributed by atoms with Crippen LogP contribution >= 0.6 is 0 Å². The van der Waals surface area contributed by atoms with Crippen molar-refractivity contribution in [3.05, 3.63) is 36.5 Å². The van der Waals surface area contributed by atoms with E-state index in [1.54, 1.807) is 20.8 Å². The lowest BCUT2D eigenvalue weighted by Gasteiger charge is -2.55. The monoisotopic (exact) mass is 791 g/mol. The van der Waals surface area contributed by atoms with Crippen LogP contribution in [0.1, 0.15) is 127 Å². The van der Waals surface area contributed by atoms with Crippen molar-refractivity contribution in [3.63, 3.8) is 0 Å². The Balaban J connectivity index is 2.00. The van der Waals surface area contributed by atoms with Crippen molar-refractivity contribution in [3.8, 4) is 0 Å². The fourth-order valence-electron chi connectivity index (χ4n) is 9.23. The molecule has 3 rings (SSSR count). The molecule has 56 heavy (non-hydrogen) atoms. The molecule has 0 amide bonds. The average molecular weight is 791 g/mol. The normalized spacial score (nSPS) is 45.4. The van der Waals surface area contributed by atoms with Crippen LogP contribution in [-0.2, 0) is 28.6 Å². The Morgan fingerprint density at radius 1 is 0.857 bits per heavy atom. The fourth-order valence-corrected chi connectivity index (χ4v) is 9.23. The summed E-state index contributed by atoms with van der Waals surface area (Å²) in [5, 5.41) is 55.0. The van der Waals surface area contributed by atoms with Crippen molar-refractivity contribution >= 4 is 17.5 Å². The molecule has 0 aromatic heterocycles. The second-order valence-corrected chi connectivity index (χ2v) is 17.7. The van der Waals surface area contributed by atoms with Crippen molar-refractivity contribution in [1.29, 1.82) is 0 Å². The van der Waals surface area contributed by atoms with E-state index in [1.807, 2.05) is 25.2 Å². The van der Waals surface area contributed by atoms with Crippen LogP contribution in [0.4, 0.5) is 0 Å². The van der Waals surface area contributed by atoms with Crippen molar-refractivity contribution in [2.24, 2.45) is 47.3 Å². The van der Waals surface area contributed by atoms with E-state index < -0.39 is 89.0 Å². The Labute approximate surface area is 336 Å². The number of esters is 1. The number of aliphatic hydroxyl groups is 5. The lowest BCUT2D eigenvalue weighted by atomic mass is 9.74. The molecule has 3 aliphatic rings. The topological polar surface area (TPSA) is 180 Å². The lowest BCUT2D eigenvalue weighted by Crippen LogP contribution is -2.62. The highest BCUT2D eigenvalue weighted by atomic mass is 16.7. The van der Waals surface area contributed by atoms with Crippen LogP contribution < -0.4 is 0 Å². The Kier molecular flexibility index (Phi) is 18.2. The first-order chi connectivity index (χ1) is 26.2. The number of hydrogen-bond donors (Lipinski definition) is 5. The van der Waals surface area contributed by atoms with E-state index in [4.69, 9.17) is 14.2 Å². The van der Waals surface area contributed by atoms with Gasteiger partial charge in [0.1, 0.15) is 17.5 Å². The Morgan fingerprint density at radius 2 is 1.52 bits per heavy atom. The van der Waals surface area contributed by atoms with Gasteiger partial charge in [-0.15, -0.1) is 0 Å². The maximum Gasteiger partial charge on any atom is 0.330 e. The quantitative estimate of drug-likeness (QED) is 0.210.